The van der Waals surface area contributed by atoms with Crippen LogP contribution in [0.3, 0.4) is 0 Å². The normalized spacial score (nSPS) is 11.5. The van der Waals surface area contributed by atoms with Crippen LogP contribution >= 0.6 is 22.9 Å². The highest BCUT2D eigenvalue weighted by molar-refractivity contribution is 7.93. The molecule has 102 valence electrons. The molecule has 0 saturated carbocycles. The van der Waals surface area contributed by atoms with Crippen molar-refractivity contribution in [3.8, 4) is 0 Å². The number of rotatable bonds is 3. The van der Waals surface area contributed by atoms with Crippen LogP contribution in [0.2, 0.25) is 5.02 Å². The van der Waals surface area contributed by atoms with E-state index in [1.165, 1.54) is 11.3 Å². The number of anilines is 1. The van der Waals surface area contributed by atoms with E-state index in [4.69, 9.17) is 11.6 Å². The third-order valence-electron chi connectivity index (χ3n) is 2.39. The molecule has 2 aromatic rings. The summed E-state index contributed by atoms with van der Waals surface area (Å²) < 4.78 is 26.5. The zero-order chi connectivity index (χ0) is 14.2. The van der Waals surface area contributed by atoms with Crippen LogP contribution in [0.1, 0.15) is 10.6 Å². The molecule has 0 aliphatic rings. The van der Waals surface area contributed by atoms with E-state index in [0.717, 1.165) is 22.8 Å². The molecule has 6 nitrogen and oxygen atoms in total. The van der Waals surface area contributed by atoms with Gasteiger partial charge in [-0.15, -0.1) is 11.3 Å². The summed E-state index contributed by atoms with van der Waals surface area (Å²) in [5, 5.41) is 0.0895. The number of nitrogens with zero attached hydrogens (tertiary/aromatic N) is 1. The van der Waals surface area contributed by atoms with E-state index in [1.807, 2.05) is 6.92 Å². The number of H-pyrrole nitrogens is 1. The topological polar surface area (TPSA) is 91.9 Å². The van der Waals surface area contributed by atoms with Crippen molar-refractivity contribution in [2.24, 2.45) is 0 Å². The van der Waals surface area contributed by atoms with Crippen molar-refractivity contribution >= 4 is 38.1 Å². The number of sulfonamides is 1. The number of aryl methyl sites for hydroxylation is 2. The van der Waals surface area contributed by atoms with Gasteiger partial charge in [-0.1, -0.05) is 11.6 Å². The van der Waals surface area contributed by atoms with Crippen molar-refractivity contribution in [3.05, 3.63) is 38.2 Å². The first-order valence-electron chi connectivity index (χ1n) is 5.14. The maximum Gasteiger partial charge on any atom is 0.266 e. The first kappa shape index (κ1) is 14.0. The first-order valence-corrected chi connectivity index (χ1v) is 7.82. The number of thiazole rings is 1. The molecule has 9 heteroatoms. The molecule has 0 aliphatic carbocycles. The van der Waals surface area contributed by atoms with Crippen molar-refractivity contribution in [1.29, 1.82) is 0 Å². The predicted octanol–water partition coefficient (Wildman–Crippen LogP) is 1.90. The molecular weight excluding hydrogens is 310 g/mol. The molecule has 0 bridgehead atoms. The van der Waals surface area contributed by atoms with Crippen LogP contribution in [0.15, 0.2) is 22.0 Å². The van der Waals surface area contributed by atoms with E-state index >= 15 is 0 Å². The van der Waals surface area contributed by atoms with Crippen molar-refractivity contribution < 1.29 is 8.42 Å². The van der Waals surface area contributed by atoms with Gasteiger partial charge in [0.25, 0.3) is 15.6 Å². The van der Waals surface area contributed by atoms with Gasteiger partial charge in [0.05, 0.1) is 5.69 Å². The molecule has 0 atom stereocenters. The quantitative estimate of drug-likeness (QED) is 0.903. The number of nitrogens with one attached hydrogen (secondary N) is 2. The molecular formula is C10H10ClN3O3S2. The van der Waals surface area contributed by atoms with Gasteiger partial charge in [0.1, 0.15) is 9.92 Å². The molecule has 2 N–H and O–H groups in total. The number of halogens is 1. The van der Waals surface area contributed by atoms with Crippen molar-refractivity contribution in [3.63, 3.8) is 0 Å². The Morgan fingerprint density at radius 2 is 2.11 bits per heavy atom. The van der Waals surface area contributed by atoms with Crippen LogP contribution in [0.5, 0.6) is 0 Å². The van der Waals surface area contributed by atoms with Gasteiger partial charge in [-0.3, -0.25) is 9.52 Å². The molecule has 0 spiro atoms. The second-order valence-corrected chi connectivity index (χ2v) is 7.07. The van der Waals surface area contributed by atoms with Gasteiger partial charge in [0.2, 0.25) is 0 Å². The first-order chi connectivity index (χ1) is 8.79. The summed E-state index contributed by atoms with van der Waals surface area (Å²) in [5.74, 6) is 0. The Morgan fingerprint density at radius 1 is 1.42 bits per heavy atom. The van der Waals surface area contributed by atoms with Crippen LogP contribution in [0.4, 0.5) is 5.13 Å². The van der Waals surface area contributed by atoms with Crippen LogP contribution in [0.25, 0.3) is 0 Å². The molecule has 0 aromatic carbocycles. The van der Waals surface area contributed by atoms with Crippen molar-refractivity contribution in [2.75, 3.05) is 4.72 Å². The second kappa shape index (κ2) is 4.95. The number of hydrogen-bond donors (Lipinski definition) is 2. The minimum atomic E-state index is -3.81. The lowest BCUT2D eigenvalue weighted by atomic mass is 10.4. The summed E-state index contributed by atoms with van der Waals surface area (Å²) in [6.07, 6.45) is 1.09. The van der Waals surface area contributed by atoms with Gasteiger partial charge >= 0.3 is 0 Å². The Morgan fingerprint density at radius 3 is 2.63 bits per heavy atom. The fraction of sp³-hybridized carbons (Fsp3) is 0.200. The van der Waals surface area contributed by atoms with Crippen LogP contribution in [0, 0.1) is 13.8 Å². The summed E-state index contributed by atoms with van der Waals surface area (Å²) in [6.45, 7) is 3.64. The lowest BCUT2D eigenvalue weighted by Gasteiger charge is -2.04. The highest BCUT2D eigenvalue weighted by Gasteiger charge is 2.18. The van der Waals surface area contributed by atoms with Gasteiger partial charge < -0.3 is 4.98 Å². The standard InChI is InChI=1S/C10H10ClN3O3S2/c1-5-6(2)18-10(13-5)14-19(16,17)7-3-8(11)9(15)12-4-7/h3-4H,1-2H3,(H,12,15)(H,13,14). The SMILES string of the molecule is Cc1nc(NS(=O)(=O)c2c[nH]c(=O)c(Cl)c2)sc1C. The van der Waals surface area contributed by atoms with Gasteiger partial charge in [-0.25, -0.2) is 13.4 Å². The van der Waals surface area contributed by atoms with E-state index in [1.54, 1.807) is 6.92 Å². The molecule has 19 heavy (non-hydrogen) atoms. The van der Waals surface area contributed by atoms with Gasteiger partial charge in [-0.2, -0.15) is 0 Å². The molecule has 0 amide bonds. The van der Waals surface area contributed by atoms with Gasteiger partial charge in [-0.05, 0) is 19.9 Å². The summed E-state index contributed by atoms with van der Waals surface area (Å²) in [6, 6.07) is 1.09. The average Bonchev–Trinajstić information content (AvgIpc) is 2.60. The number of pyridine rings is 1. The number of aromatic nitrogens is 2. The van der Waals surface area contributed by atoms with Crippen molar-refractivity contribution in [1.82, 2.24) is 9.97 Å². The monoisotopic (exact) mass is 319 g/mol. The fourth-order valence-corrected chi connectivity index (χ4v) is 3.56. The highest BCUT2D eigenvalue weighted by Crippen LogP contribution is 2.24. The van der Waals surface area contributed by atoms with Crippen LogP contribution < -0.4 is 10.3 Å². The Balaban J connectivity index is 2.37. The smallest absolute Gasteiger partial charge is 0.266 e. The zero-order valence-electron chi connectivity index (χ0n) is 10.0. The van der Waals surface area contributed by atoms with E-state index in [0.29, 0.717) is 0 Å². The maximum atomic E-state index is 12.1. The third-order valence-corrected chi connectivity index (χ3v) is 5.11. The largest absolute Gasteiger partial charge is 0.326 e. The lowest BCUT2D eigenvalue weighted by Crippen LogP contribution is -2.15. The van der Waals surface area contributed by atoms with Crippen LogP contribution in [-0.2, 0) is 10.0 Å². The Labute approximate surface area is 118 Å². The van der Waals surface area contributed by atoms with E-state index < -0.39 is 15.6 Å². The average molecular weight is 320 g/mol. The van der Waals surface area contributed by atoms with Gasteiger partial charge in [0.15, 0.2) is 5.13 Å². The second-order valence-electron chi connectivity index (χ2n) is 3.78. The number of hydrogen-bond acceptors (Lipinski definition) is 5. The van der Waals surface area contributed by atoms with Crippen molar-refractivity contribution in [2.45, 2.75) is 18.7 Å². The molecule has 2 rings (SSSR count). The zero-order valence-corrected chi connectivity index (χ0v) is 12.4. The minimum Gasteiger partial charge on any atom is -0.326 e. The molecule has 0 aliphatic heterocycles. The summed E-state index contributed by atoms with van der Waals surface area (Å²) >= 11 is 6.84. The van der Waals surface area contributed by atoms with Gasteiger partial charge in [0, 0.05) is 11.1 Å². The molecule has 2 heterocycles. The fourth-order valence-electron chi connectivity index (χ4n) is 1.28. The predicted molar refractivity (Wildman–Crippen MR) is 74.5 cm³/mol. The molecule has 0 saturated heterocycles. The molecule has 0 fully saturated rings. The minimum absolute atomic E-state index is 0.123. The molecule has 2 aromatic heterocycles. The number of aromatic amines is 1. The van der Waals surface area contributed by atoms with E-state index in [2.05, 4.69) is 14.7 Å². The summed E-state index contributed by atoms with van der Waals surface area (Å²) in [7, 11) is -3.81. The van der Waals surface area contributed by atoms with E-state index in [-0.39, 0.29) is 15.0 Å². The highest BCUT2D eigenvalue weighted by atomic mass is 35.5. The Bertz CT molecular complexity index is 760. The third kappa shape index (κ3) is 2.96. The Hall–Kier alpha value is -1.38. The summed E-state index contributed by atoms with van der Waals surface area (Å²) in [4.78, 5) is 18.2. The molecule has 0 radical (unpaired) electrons. The Kier molecular flexibility index (Phi) is 3.66. The molecule has 0 unspecified atom stereocenters. The van der Waals surface area contributed by atoms with E-state index in [9.17, 15) is 13.2 Å². The summed E-state index contributed by atoms with van der Waals surface area (Å²) in [5.41, 5.74) is 0.226. The maximum absolute atomic E-state index is 12.1. The van der Waals surface area contributed by atoms with Crippen LogP contribution in [-0.4, -0.2) is 18.4 Å². The lowest BCUT2D eigenvalue weighted by molar-refractivity contribution is 0.600.